The minimum atomic E-state index is -1.31. The minimum absolute atomic E-state index is 0.0356. The molecule has 0 amide bonds. The van der Waals surface area contributed by atoms with Gasteiger partial charge in [0.15, 0.2) is 11.4 Å². The van der Waals surface area contributed by atoms with E-state index in [9.17, 15) is 14.4 Å². The number of rotatable bonds is 5. The number of carbonyl (C=O) groups excluding carboxylic acids is 1. The van der Waals surface area contributed by atoms with Crippen LogP contribution in [0.1, 0.15) is 35.7 Å². The molecule has 3 heterocycles. The van der Waals surface area contributed by atoms with E-state index in [1.165, 1.54) is 36.8 Å². The monoisotopic (exact) mass is 417 g/mol. The zero-order valence-electron chi connectivity index (χ0n) is 16.9. The molecule has 0 spiro atoms. The van der Waals surface area contributed by atoms with Gasteiger partial charge in [0.1, 0.15) is 5.82 Å². The number of piperidine rings is 1. The molecule has 156 valence electrons. The van der Waals surface area contributed by atoms with Crippen LogP contribution in [0.4, 0.5) is 4.39 Å². The van der Waals surface area contributed by atoms with Gasteiger partial charge >= 0.3 is 0 Å². The van der Waals surface area contributed by atoms with E-state index >= 15 is 0 Å². The number of nitrogens with zero attached hydrogens (tertiary/aromatic N) is 4. The van der Waals surface area contributed by atoms with Gasteiger partial charge in [0.05, 0.1) is 17.2 Å². The maximum atomic E-state index is 14.8. The minimum Gasteiger partial charge on any atom is -0.461 e. The molecular weight excluding hydrogens is 397 g/mol. The lowest BCUT2D eigenvalue weighted by Gasteiger charge is -2.38. The molecule has 8 heteroatoms. The first kappa shape index (κ1) is 20.6. The van der Waals surface area contributed by atoms with Gasteiger partial charge in [-0.2, -0.15) is 5.26 Å². The second-order valence-electron chi connectivity index (χ2n) is 7.48. The molecule has 4 rings (SSSR count). The van der Waals surface area contributed by atoms with E-state index in [-0.39, 0.29) is 35.4 Å². The number of nitriles is 1. The molecule has 31 heavy (non-hydrogen) atoms. The fourth-order valence-corrected chi connectivity index (χ4v) is 3.66. The second-order valence-corrected chi connectivity index (χ2v) is 7.48. The molecule has 0 bridgehead atoms. The topological polar surface area (TPSA) is 101 Å². The Kier molecular flexibility index (Phi) is 5.69. The van der Waals surface area contributed by atoms with E-state index in [2.05, 4.69) is 20.3 Å². The van der Waals surface area contributed by atoms with Crippen molar-refractivity contribution >= 4 is 5.78 Å². The Morgan fingerprint density at radius 3 is 2.74 bits per heavy atom. The summed E-state index contributed by atoms with van der Waals surface area (Å²) in [6.07, 6.45) is 5.53. The average Bonchev–Trinajstić information content (AvgIpc) is 2.81. The highest BCUT2D eigenvalue weighted by atomic mass is 19.1. The third-order valence-corrected chi connectivity index (χ3v) is 5.34. The Bertz CT molecular complexity index is 1140. The van der Waals surface area contributed by atoms with Crippen LogP contribution >= 0.6 is 0 Å². The Morgan fingerprint density at radius 1 is 1.23 bits per heavy atom. The van der Waals surface area contributed by atoms with Gasteiger partial charge in [-0.1, -0.05) is 12.1 Å². The molecule has 1 aliphatic rings. The van der Waals surface area contributed by atoms with Crippen LogP contribution < -0.4 is 10.1 Å². The maximum absolute atomic E-state index is 14.8. The van der Waals surface area contributed by atoms with E-state index in [0.717, 1.165) is 0 Å². The molecule has 7 nitrogen and oxygen atoms in total. The predicted octanol–water partition coefficient (Wildman–Crippen LogP) is 3.32. The zero-order chi connectivity index (χ0) is 21.8. The summed E-state index contributed by atoms with van der Waals surface area (Å²) in [5.74, 6) is -0.689. The Balaban J connectivity index is 1.79. The first-order chi connectivity index (χ1) is 15.0. The molecule has 2 atom stereocenters. The fourth-order valence-electron chi connectivity index (χ4n) is 3.66. The van der Waals surface area contributed by atoms with Crippen molar-refractivity contribution in [1.29, 1.82) is 5.26 Å². The van der Waals surface area contributed by atoms with Crippen molar-refractivity contribution in [2.75, 3.05) is 6.54 Å². The second kappa shape index (κ2) is 8.58. The van der Waals surface area contributed by atoms with E-state index in [1.807, 2.05) is 13.0 Å². The zero-order valence-corrected chi connectivity index (χ0v) is 16.9. The summed E-state index contributed by atoms with van der Waals surface area (Å²) in [6, 6.07) is 11.2. The van der Waals surface area contributed by atoms with Crippen LogP contribution in [0.2, 0.25) is 0 Å². The maximum Gasteiger partial charge on any atom is 0.215 e. The summed E-state index contributed by atoms with van der Waals surface area (Å²) in [7, 11) is 0. The molecule has 1 fully saturated rings. The SMILES string of the molecule is C[C@@H]1CC[C@](Oc2cc(C#N)ccn2)(C(=O)c2cccc(F)c2-c2ncccn2)CN1. The van der Waals surface area contributed by atoms with Crippen molar-refractivity contribution in [1.82, 2.24) is 20.3 Å². The average molecular weight is 417 g/mol. The number of hydrogen-bond donors (Lipinski definition) is 1. The van der Waals surface area contributed by atoms with E-state index in [1.54, 1.807) is 18.2 Å². The molecule has 1 aromatic carbocycles. The van der Waals surface area contributed by atoms with Crippen molar-refractivity contribution in [3.8, 4) is 23.3 Å². The summed E-state index contributed by atoms with van der Waals surface area (Å²) in [5, 5.41) is 12.5. The van der Waals surface area contributed by atoms with Crippen LogP contribution in [0.5, 0.6) is 5.88 Å². The predicted molar refractivity (Wildman–Crippen MR) is 111 cm³/mol. The van der Waals surface area contributed by atoms with Crippen molar-refractivity contribution in [2.45, 2.75) is 31.4 Å². The largest absolute Gasteiger partial charge is 0.461 e. The molecule has 2 aromatic heterocycles. The number of benzene rings is 1. The summed E-state index contributed by atoms with van der Waals surface area (Å²) in [5.41, 5.74) is -0.772. The first-order valence-corrected chi connectivity index (χ1v) is 9.92. The number of nitrogens with one attached hydrogen (secondary N) is 1. The summed E-state index contributed by atoms with van der Waals surface area (Å²) < 4.78 is 21.0. The number of pyridine rings is 1. The molecule has 0 saturated carbocycles. The highest BCUT2D eigenvalue weighted by Gasteiger charge is 2.45. The quantitative estimate of drug-likeness (QED) is 0.636. The summed E-state index contributed by atoms with van der Waals surface area (Å²) in [4.78, 5) is 26.3. The molecule has 1 aliphatic heterocycles. The number of aromatic nitrogens is 3. The van der Waals surface area contributed by atoms with Gasteiger partial charge in [0.25, 0.3) is 0 Å². The van der Waals surface area contributed by atoms with E-state index in [0.29, 0.717) is 18.4 Å². The number of halogens is 1. The van der Waals surface area contributed by atoms with Crippen molar-refractivity contribution < 1.29 is 13.9 Å². The summed E-state index contributed by atoms with van der Waals surface area (Å²) >= 11 is 0. The molecule has 0 unspecified atom stereocenters. The van der Waals surface area contributed by atoms with Crippen LogP contribution in [-0.2, 0) is 0 Å². The third-order valence-electron chi connectivity index (χ3n) is 5.34. The van der Waals surface area contributed by atoms with Crippen LogP contribution in [0.3, 0.4) is 0 Å². The Hall–Kier alpha value is -3.70. The van der Waals surface area contributed by atoms with Gasteiger partial charge < -0.3 is 10.1 Å². The summed E-state index contributed by atoms with van der Waals surface area (Å²) in [6.45, 7) is 2.24. The molecule has 1 N–H and O–H groups in total. The van der Waals surface area contributed by atoms with Crippen molar-refractivity contribution in [3.05, 3.63) is 71.9 Å². The number of ether oxygens (including phenoxy) is 1. The lowest BCUT2D eigenvalue weighted by molar-refractivity contribution is 0.0264. The number of ketones is 1. The lowest BCUT2D eigenvalue weighted by Crippen LogP contribution is -2.58. The molecule has 1 saturated heterocycles. The number of hydrogen-bond acceptors (Lipinski definition) is 7. The highest BCUT2D eigenvalue weighted by molar-refractivity contribution is 6.07. The smallest absolute Gasteiger partial charge is 0.215 e. The van der Waals surface area contributed by atoms with Gasteiger partial charge in [-0.25, -0.2) is 19.3 Å². The van der Waals surface area contributed by atoms with Gasteiger partial charge in [-0.05, 0) is 38.0 Å². The van der Waals surface area contributed by atoms with Gasteiger partial charge in [0, 0.05) is 42.8 Å². The molecule has 0 aliphatic carbocycles. The van der Waals surface area contributed by atoms with Gasteiger partial charge in [-0.15, -0.1) is 0 Å². The van der Waals surface area contributed by atoms with Crippen LogP contribution in [-0.4, -0.2) is 38.9 Å². The highest BCUT2D eigenvalue weighted by Crippen LogP contribution is 2.33. The van der Waals surface area contributed by atoms with Gasteiger partial charge in [0.2, 0.25) is 11.7 Å². The molecule has 0 radical (unpaired) electrons. The van der Waals surface area contributed by atoms with Crippen molar-refractivity contribution in [3.63, 3.8) is 0 Å². The molecule has 3 aromatic rings. The van der Waals surface area contributed by atoms with E-state index < -0.39 is 17.2 Å². The van der Waals surface area contributed by atoms with E-state index in [4.69, 9.17) is 4.74 Å². The van der Waals surface area contributed by atoms with Crippen molar-refractivity contribution in [2.24, 2.45) is 0 Å². The standard InChI is InChI=1S/C23H20FN5O2/c1-15-6-8-23(14-29-15,31-19-12-16(13-25)7-11-26-19)21(30)17-4-2-5-18(24)20(17)22-27-9-3-10-28-22/h2-5,7,9-12,15,29H,6,8,14H2,1H3/t15-,23-/m1/s1. The number of Topliss-reactive ketones (excluding diaryl/α,β-unsaturated/α-hetero) is 1. The van der Waals surface area contributed by atoms with Crippen LogP contribution in [0, 0.1) is 17.1 Å². The first-order valence-electron chi connectivity index (χ1n) is 9.92. The normalized spacial score (nSPS) is 20.6. The third kappa shape index (κ3) is 4.13. The van der Waals surface area contributed by atoms with Crippen LogP contribution in [0.15, 0.2) is 55.0 Å². The Labute approximate surface area is 179 Å². The van der Waals surface area contributed by atoms with Crippen LogP contribution in [0.25, 0.3) is 11.4 Å². The van der Waals surface area contributed by atoms with Gasteiger partial charge in [-0.3, -0.25) is 4.79 Å². The fraction of sp³-hybridized carbons (Fsp3) is 0.261. The Morgan fingerprint density at radius 2 is 2.03 bits per heavy atom. The number of carbonyl (C=O) groups is 1. The lowest BCUT2D eigenvalue weighted by atomic mass is 9.82. The molecular formula is C23H20FN5O2.